The molecule has 6 nitrogen and oxygen atoms in total. The Bertz CT molecular complexity index is 270. The highest BCUT2D eigenvalue weighted by molar-refractivity contribution is 5.81. The fourth-order valence-electron chi connectivity index (χ4n) is 2.15. The van der Waals surface area contributed by atoms with Gasteiger partial charge in [0.2, 0.25) is 5.91 Å². The molecular weight excluding hydrogens is 260 g/mol. The van der Waals surface area contributed by atoms with Crippen LogP contribution in [0.25, 0.3) is 0 Å². The first-order valence-electron chi connectivity index (χ1n) is 7.50. The van der Waals surface area contributed by atoms with E-state index >= 15 is 0 Å². The zero-order valence-corrected chi connectivity index (χ0v) is 12.6. The number of aliphatic hydroxyl groups excluding tert-OH is 1. The molecule has 1 amide bonds. The van der Waals surface area contributed by atoms with Gasteiger partial charge in [-0.25, -0.2) is 0 Å². The minimum absolute atomic E-state index is 0.118. The maximum atomic E-state index is 12.0. The smallest absolute Gasteiger partial charge is 0.239 e. The predicted molar refractivity (Wildman–Crippen MR) is 76.6 cm³/mol. The molecule has 1 rings (SSSR count). The molecule has 0 aliphatic carbocycles. The molecule has 2 unspecified atom stereocenters. The molecule has 0 aromatic carbocycles. The largest absolute Gasteiger partial charge is 0.389 e. The highest BCUT2D eigenvalue weighted by Gasteiger charge is 2.23. The van der Waals surface area contributed by atoms with E-state index in [0.717, 1.165) is 25.9 Å². The summed E-state index contributed by atoms with van der Waals surface area (Å²) in [6.07, 6.45) is 1.58. The second-order valence-corrected chi connectivity index (χ2v) is 5.09. The summed E-state index contributed by atoms with van der Waals surface area (Å²) in [4.78, 5) is 13.9. The number of aliphatic hydroxyl groups is 1. The summed E-state index contributed by atoms with van der Waals surface area (Å²) in [7, 11) is 0. The molecular formula is C14H28N2O4. The molecule has 1 aliphatic heterocycles. The second-order valence-electron chi connectivity index (χ2n) is 5.09. The number of ether oxygens (including phenoxy) is 2. The number of hydrogen-bond donors (Lipinski definition) is 2. The minimum atomic E-state index is -0.606. The lowest BCUT2D eigenvalue weighted by molar-refractivity contribution is -0.132. The van der Waals surface area contributed by atoms with Crippen LogP contribution in [0.5, 0.6) is 0 Å². The van der Waals surface area contributed by atoms with Crippen molar-refractivity contribution in [2.24, 2.45) is 0 Å². The number of hydrogen-bond acceptors (Lipinski definition) is 5. The standard InChI is InChI=1S/C14H28N2O4/c1-3-19-8-9-20-11-13(17)10-15-12(2)14(18)16-6-4-5-7-16/h12-13,15,17H,3-11H2,1-2H3. The molecule has 0 saturated carbocycles. The van der Waals surface area contributed by atoms with Crippen LogP contribution in [0.1, 0.15) is 26.7 Å². The molecule has 118 valence electrons. The quantitative estimate of drug-likeness (QED) is 0.554. The molecule has 0 aromatic heterocycles. The zero-order valence-electron chi connectivity index (χ0n) is 12.6. The molecule has 1 heterocycles. The lowest BCUT2D eigenvalue weighted by Gasteiger charge is -2.22. The van der Waals surface area contributed by atoms with Gasteiger partial charge >= 0.3 is 0 Å². The molecule has 2 atom stereocenters. The summed E-state index contributed by atoms with van der Waals surface area (Å²) in [6.45, 7) is 7.78. The summed E-state index contributed by atoms with van der Waals surface area (Å²) in [6, 6.07) is -0.258. The van der Waals surface area contributed by atoms with Crippen molar-refractivity contribution in [2.45, 2.75) is 38.8 Å². The molecule has 1 fully saturated rings. The van der Waals surface area contributed by atoms with Crippen molar-refractivity contribution in [1.82, 2.24) is 10.2 Å². The van der Waals surface area contributed by atoms with E-state index in [4.69, 9.17) is 9.47 Å². The molecule has 6 heteroatoms. The Hall–Kier alpha value is -0.690. The third-order valence-electron chi connectivity index (χ3n) is 3.33. The Morgan fingerprint density at radius 1 is 1.30 bits per heavy atom. The Morgan fingerprint density at radius 3 is 2.60 bits per heavy atom. The van der Waals surface area contributed by atoms with E-state index in [-0.39, 0.29) is 18.6 Å². The van der Waals surface area contributed by atoms with E-state index in [0.29, 0.717) is 26.4 Å². The van der Waals surface area contributed by atoms with Gasteiger partial charge in [-0.15, -0.1) is 0 Å². The van der Waals surface area contributed by atoms with Crippen molar-refractivity contribution in [3.63, 3.8) is 0 Å². The van der Waals surface area contributed by atoms with E-state index in [1.807, 2.05) is 18.7 Å². The van der Waals surface area contributed by atoms with Crippen molar-refractivity contribution in [2.75, 3.05) is 46.1 Å². The molecule has 2 N–H and O–H groups in total. The van der Waals surface area contributed by atoms with Crippen LogP contribution >= 0.6 is 0 Å². The lowest BCUT2D eigenvalue weighted by atomic mass is 10.2. The number of amides is 1. The first-order valence-corrected chi connectivity index (χ1v) is 7.50. The fourth-order valence-corrected chi connectivity index (χ4v) is 2.15. The molecule has 0 radical (unpaired) electrons. The van der Waals surface area contributed by atoms with E-state index in [1.54, 1.807) is 0 Å². The Balaban J connectivity index is 2.07. The van der Waals surface area contributed by atoms with Gasteiger partial charge in [0.25, 0.3) is 0 Å². The van der Waals surface area contributed by atoms with Gasteiger partial charge in [0.05, 0.1) is 32.0 Å². The predicted octanol–water partition coefficient (Wildman–Crippen LogP) is 0.000900. The number of nitrogens with one attached hydrogen (secondary N) is 1. The number of carbonyl (C=O) groups is 1. The van der Waals surface area contributed by atoms with E-state index in [2.05, 4.69) is 5.32 Å². The first kappa shape index (κ1) is 17.4. The van der Waals surface area contributed by atoms with Gasteiger partial charge in [0.1, 0.15) is 0 Å². The van der Waals surface area contributed by atoms with Crippen LogP contribution in [0.15, 0.2) is 0 Å². The van der Waals surface area contributed by atoms with Crippen LogP contribution in [-0.4, -0.2) is 74.1 Å². The summed E-state index contributed by atoms with van der Waals surface area (Å²) < 4.78 is 10.4. The van der Waals surface area contributed by atoms with Gasteiger partial charge in [0.15, 0.2) is 0 Å². The van der Waals surface area contributed by atoms with Crippen LogP contribution < -0.4 is 5.32 Å². The van der Waals surface area contributed by atoms with Crippen molar-refractivity contribution in [3.05, 3.63) is 0 Å². The van der Waals surface area contributed by atoms with Crippen LogP contribution in [0.4, 0.5) is 0 Å². The Morgan fingerprint density at radius 2 is 1.95 bits per heavy atom. The fraction of sp³-hybridized carbons (Fsp3) is 0.929. The second kappa shape index (κ2) is 10.1. The average molecular weight is 288 g/mol. The third kappa shape index (κ3) is 6.65. The molecule has 1 saturated heterocycles. The van der Waals surface area contributed by atoms with Gasteiger partial charge in [-0.1, -0.05) is 0 Å². The summed E-state index contributed by atoms with van der Waals surface area (Å²) in [5.41, 5.74) is 0. The van der Waals surface area contributed by atoms with Gasteiger partial charge in [-0.3, -0.25) is 4.79 Å². The Kier molecular flexibility index (Phi) is 8.77. The maximum absolute atomic E-state index is 12.0. The van der Waals surface area contributed by atoms with Gasteiger partial charge in [-0.05, 0) is 26.7 Å². The van der Waals surface area contributed by atoms with Crippen LogP contribution in [-0.2, 0) is 14.3 Å². The van der Waals surface area contributed by atoms with Gasteiger partial charge in [-0.2, -0.15) is 0 Å². The molecule has 1 aliphatic rings. The highest BCUT2D eigenvalue weighted by Crippen LogP contribution is 2.08. The van der Waals surface area contributed by atoms with Gasteiger partial charge < -0.3 is 24.8 Å². The van der Waals surface area contributed by atoms with Crippen molar-refractivity contribution < 1.29 is 19.4 Å². The maximum Gasteiger partial charge on any atom is 0.239 e. The SMILES string of the molecule is CCOCCOCC(O)CNC(C)C(=O)N1CCCC1. The summed E-state index contributed by atoms with van der Waals surface area (Å²) in [5, 5.41) is 12.8. The van der Waals surface area contributed by atoms with E-state index in [9.17, 15) is 9.90 Å². The Labute approximate surface area is 121 Å². The number of rotatable bonds is 10. The highest BCUT2D eigenvalue weighted by atomic mass is 16.5. The summed E-state index contributed by atoms with van der Waals surface area (Å²) in [5.74, 6) is 0.118. The molecule has 0 bridgehead atoms. The third-order valence-corrected chi connectivity index (χ3v) is 3.33. The zero-order chi connectivity index (χ0) is 14.8. The summed E-state index contributed by atoms with van der Waals surface area (Å²) >= 11 is 0. The number of carbonyl (C=O) groups excluding carboxylic acids is 1. The van der Waals surface area contributed by atoms with Crippen LogP contribution in [0.2, 0.25) is 0 Å². The normalized spacial score (nSPS) is 18.2. The lowest BCUT2D eigenvalue weighted by Crippen LogP contribution is -2.46. The van der Waals surface area contributed by atoms with Crippen LogP contribution in [0.3, 0.4) is 0 Å². The topological polar surface area (TPSA) is 71.0 Å². The van der Waals surface area contributed by atoms with E-state index < -0.39 is 6.10 Å². The first-order chi connectivity index (χ1) is 9.65. The number of nitrogens with zero attached hydrogens (tertiary/aromatic N) is 1. The molecule has 0 aromatic rings. The average Bonchev–Trinajstić information content (AvgIpc) is 2.97. The monoisotopic (exact) mass is 288 g/mol. The van der Waals surface area contributed by atoms with Gasteiger partial charge in [0, 0.05) is 26.2 Å². The van der Waals surface area contributed by atoms with Crippen molar-refractivity contribution in [1.29, 1.82) is 0 Å². The minimum Gasteiger partial charge on any atom is -0.389 e. The van der Waals surface area contributed by atoms with E-state index in [1.165, 1.54) is 0 Å². The van der Waals surface area contributed by atoms with Crippen LogP contribution in [0, 0.1) is 0 Å². The van der Waals surface area contributed by atoms with Crippen molar-refractivity contribution >= 4 is 5.91 Å². The number of likely N-dealkylation sites (tertiary alicyclic amines) is 1. The van der Waals surface area contributed by atoms with Crippen molar-refractivity contribution in [3.8, 4) is 0 Å². The molecule has 20 heavy (non-hydrogen) atoms. The molecule has 0 spiro atoms.